The van der Waals surface area contributed by atoms with Gasteiger partial charge in [0.15, 0.2) is 0 Å². The molecule has 2 aromatic carbocycles. The first-order valence-corrected chi connectivity index (χ1v) is 18.6. The van der Waals surface area contributed by atoms with E-state index >= 15 is 0 Å². The third kappa shape index (κ3) is 7.04. The first-order chi connectivity index (χ1) is 26.7. The van der Waals surface area contributed by atoms with Gasteiger partial charge in [-0.1, -0.05) is 6.07 Å². The number of likely N-dealkylation sites (N-methyl/N-ethyl adjacent to an activating group) is 1. The number of hydrogen-bond acceptors (Lipinski definition) is 10. The van der Waals surface area contributed by atoms with Gasteiger partial charge >= 0.3 is 0 Å². The number of methoxy groups -OCH3 is 2. The van der Waals surface area contributed by atoms with Crippen LogP contribution in [0.25, 0.3) is 21.9 Å². The summed E-state index contributed by atoms with van der Waals surface area (Å²) in [6.45, 7) is 6.35. The maximum Gasteiger partial charge on any atom is 0.282 e. The van der Waals surface area contributed by atoms with E-state index in [2.05, 4.69) is 33.9 Å². The minimum absolute atomic E-state index is 0.183. The number of aldehydes is 1. The number of benzene rings is 2. The van der Waals surface area contributed by atoms with Crippen LogP contribution in [0, 0.1) is 0 Å². The molecule has 1 unspecified atom stereocenters. The zero-order valence-electron chi connectivity index (χ0n) is 32.5. The number of pyridine rings is 2. The van der Waals surface area contributed by atoms with Crippen molar-refractivity contribution in [3.8, 4) is 22.6 Å². The van der Waals surface area contributed by atoms with Gasteiger partial charge in [0.1, 0.15) is 29.6 Å². The highest BCUT2D eigenvalue weighted by atomic mass is 19.3. The number of anilines is 2. The Morgan fingerprint density at radius 2 is 1.70 bits per heavy atom. The fraction of sp³-hybridized carbons (Fsp3) is 0.439. The zero-order valence-corrected chi connectivity index (χ0v) is 32.5. The molecule has 56 heavy (non-hydrogen) atoms. The van der Waals surface area contributed by atoms with Crippen molar-refractivity contribution >= 4 is 40.4 Å². The van der Waals surface area contributed by atoms with Gasteiger partial charge in [-0.2, -0.15) is 0 Å². The molecule has 15 heteroatoms. The highest BCUT2D eigenvalue weighted by Gasteiger charge is 2.44. The normalized spacial score (nSPS) is 18.1. The number of carbonyl (C=O) groups excluding carboxylic acids is 3. The average Bonchev–Trinajstić information content (AvgIpc) is 3.50. The Balaban J connectivity index is 1.13. The molecular formula is C41H47F2N7O6. The molecule has 0 spiro atoms. The number of ether oxygens (including phenoxy) is 2. The molecule has 3 aliphatic heterocycles. The minimum Gasteiger partial charge on any atom is -0.496 e. The van der Waals surface area contributed by atoms with Crippen LogP contribution < -0.4 is 30.1 Å². The molecule has 1 N–H and O–H groups in total. The maximum absolute atomic E-state index is 13.7. The lowest BCUT2D eigenvalue weighted by Gasteiger charge is -2.48. The van der Waals surface area contributed by atoms with Crippen LogP contribution in [-0.4, -0.2) is 109 Å². The first kappa shape index (κ1) is 38.7. The molecule has 13 nitrogen and oxygen atoms in total. The standard InChI is InChI=1S/C41H47F2N7O6/c1-40(2)22-47(27-10-9-25-19-50(39(54)28(25)16-27)33(8-7-13-51)37(52)44-3)11-12-49(40)21-32-34(55-5)14-26(15-35(32)56-6)31-20-46(4)38(53)30-18-45-36(17-29(30)31)48-23-41(42,43)24-48/h9-10,13-18,20,33H,7-8,11-12,19,21-24H2,1-6H3,(H,44,52). The maximum atomic E-state index is 13.7. The van der Waals surface area contributed by atoms with Crippen molar-refractivity contribution in [2.75, 3.05) is 63.8 Å². The van der Waals surface area contributed by atoms with Crippen LogP contribution in [0.15, 0.2) is 53.6 Å². The third-order valence-corrected chi connectivity index (χ3v) is 11.3. The molecule has 0 aliphatic carbocycles. The fourth-order valence-electron chi connectivity index (χ4n) is 8.20. The van der Waals surface area contributed by atoms with E-state index in [1.807, 2.05) is 30.3 Å². The topological polar surface area (TPSA) is 130 Å². The smallest absolute Gasteiger partial charge is 0.282 e. The van der Waals surface area contributed by atoms with Crippen LogP contribution in [0.5, 0.6) is 11.5 Å². The number of amides is 2. The second-order valence-electron chi connectivity index (χ2n) is 15.4. The Morgan fingerprint density at radius 3 is 2.32 bits per heavy atom. The van der Waals surface area contributed by atoms with Gasteiger partial charge in [-0.05, 0) is 61.7 Å². The largest absolute Gasteiger partial charge is 0.496 e. The van der Waals surface area contributed by atoms with Gasteiger partial charge < -0.3 is 38.9 Å². The predicted molar refractivity (Wildman–Crippen MR) is 209 cm³/mol. The Morgan fingerprint density at radius 1 is 0.982 bits per heavy atom. The van der Waals surface area contributed by atoms with Crippen molar-refractivity contribution < 1.29 is 32.6 Å². The predicted octanol–water partition coefficient (Wildman–Crippen LogP) is 4.22. The number of rotatable bonds is 12. The van der Waals surface area contributed by atoms with Gasteiger partial charge in [0.25, 0.3) is 17.4 Å². The summed E-state index contributed by atoms with van der Waals surface area (Å²) in [5, 5.41) is 3.59. The summed E-state index contributed by atoms with van der Waals surface area (Å²) in [4.78, 5) is 62.5. The third-order valence-electron chi connectivity index (χ3n) is 11.3. The van der Waals surface area contributed by atoms with Gasteiger partial charge in [0, 0.05) is 93.4 Å². The number of aromatic nitrogens is 2. The van der Waals surface area contributed by atoms with Crippen LogP contribution >= 0.6 is 0 Å². The van der Waals surface area contributed by atoms with E-state index in [4.69, 9.17) is 9.47 Å². The number of halogens is 2. The molecule has 4 aromatic rings. The Kier molecular flexibility index (Phi) is 10.2. The van der Waals surface area contributed by atoms with Crippen molar-refractivity contribution in [3.63, 3.8) is 0 Å². The number of piperazine rings is 1. The number of aryl methyl sites for hydroxylation is 1. The van der Waals surface area contributed by atoms with E-state index in [9.17, 15) is 28.0 Å². The molecular weight excluding hydrogens is 724 g/mol. The Labute approximate surface area is 323 Å². The average molecular weight is 772 g/mol. The summed E-state index contributed by atoms with van der Waals surface area (Å²) >= 11 is 0. The molecule has 2 aromatic heterocycles. The van der Waals surface area contributed by atoms with Crippen LogP contribution in [0.3, 0.4) is 0 Å². The number of hydrogen-bond donors (Lipinski definition) is 1. The number of nitrogens with zero attached hydrogens (tertiary/aromatic N) is 6. The summed E-state index contributed by atoms with van der Waals surface area (Å²) in [6, 6.07) is 10.7. The van der Waals surface area contributed by atoms with Crippen molar-refractivity contribution in [2.24, 2.45) is 7.05 Å². The molecule has 0 bridgehead atoms. The van der Waals surface area contributed by atoms with E-state index < -0.39 is 25.1 Å². The number of alkyl halides is 2. The molecule has 2 saturated heterocycles. The second kappa shape index (κ2) is 14.8. The van der Waals surface area contributed by atoms with E-state index in [1.165, 1.54) is 22.7 Å². The first-order valence-electron chi connectivity index (χ1n) is 18.6. The van der Waals surface area contributed by atoms with Gasteiger partial charge in [-0.3, -0.25) is 19.3 Å². The second-order valence-corrected chi connectivity index (χ2v) is 15.4. The van der Waals surface area contributed by atoms with Gasteiger partial charge in [-0.25, -0.2) is 13.8 Å². The van der Waals surface area contributed by atoms with Gasteiger partial charge in [-0.15, -0.1) is 0 Å². The molecule has 3 aliphatic rings. The fourth-order valence-corrected chi connectivity index (χ4v) is 8.20. The van der Waals surface area contributed by atoms with Gasteiger partial charge in [0.2, 0.25) is 5.91 Å². The lowest BCUT2D eigenvalue weighted by Crippen LogP contribution is -2.59. The van der Waals surface area contributed by atoms with E-state index in [1.54, 1.807) is 38.4 Å². The van der Waals surface area contributed by atoms with E-state index in [-0.39, 0.29) is 35.8 Å². The molecule has 2 amide bonds. The highest BCUT2D eigenvalue weighted by Crippen LogP contribution is 2.41. The van der Waals surface area contributed by atoms with Crippen LogP contribution in [0.4, 0.5) is 20.3 Å². The quantitative estimate of drug-likeness (QED) is 0.209. The van der Waals surface area contributed by atoms with E-state index in [0.717, 1.165) is 28.7 Å². The van der Waals surface area contributed by atoms with Gasteiger partial charge in [0.05, 0.1) is 38.3 Å². The van der Waals surface area contributed by atoms with Crippen molar-refractivity contribution in [1.82, 2.24) is 24.7 Å². The van der Waals surface area contributed by atoms with Crippen LogP contribution in [0.1, 0.15) is 48.2 Å². The highest BCUT2D eigenvalue weighted by molar-refractivity contribution is 6.02. The summed E-state index contributed by atoms with van der Waals surface area (Å²) in [7, 11) is 6.40. The summed E-state index contributed by atoms with van der Waals surface area (Å²) < 4.78 is 40.9. The molecule has 2 fully saturated rings. The summed E-state index contributed by atoms with van der Waals surface area (Å²) in [5.74, 6) is -1.70. The summed E-state index contributed by atoms with van der Waals surface area (Å²) in [5.41, 5.74) is 4.05. The zero-order chi connectivity index (χ0) is 40.1. The number of nitrogens with one attached hydrogen (secondary N) is 1. The SMILES string of the molecule is CNC(=O)C(CCC=O)N1Cc2ccc(N3CCN(Cc4c(OC)cc(-c5cn(C)c(=O)c6cnc(N7CC(F)(F)C7)cc56)cc4OC)C(C)(C)C3)cc2C1=O. The summed E-state index contributed by atoms with van der Waals surface area (Å²) in [6.07, 6.45) is 4.39. The number of fused-ring (bicyclic) bond motifs is 2. The molecule has 296 valence electrons. The Bertz CT molecular complexity index is 2240. The minimum atomic E-state index is -2.77. The Hall–Kier alpha value is -5.57. The molecule has 0 radical (unpaired) electrons. The lowest BCUT2D eigenvalue weighted by atomic mass is 9.95. The molecule has 1 atom stereocenters. The van der Waals surface area contributed by atoms with Crippen molar-refractivity contribution in [2.45, 2.75) is 57.3 Å². The van der Waals surface area contributed by atoms with E-state index in [0.29, 0.717) is 71.9 Å². The lowest BCUT2D eigenvalue weighted by molar-refractivity contribution is -0.125. The number of carbonyl (C=O) groups is 3. The van der Waals surface area contributed by atoms with Crippen LogP contribution in [0.2, 0.25) is 0 Å². The molecule has 7 rings (SSSR count). The molecule has 0 saturated carbocycles. The monoisotopic (exact) mass is 771 g/mol. The molecule has 5 heterocycles. The van der Waals surface area contributed by atoms with Crippen molar-refractivity contribution in [1.29, 1.82) is 0 Å². The van der Waals surface area contributed by atoms with Crippen molar-refractivity contribution in [3.05, 3.63) is 75.8 Å². The van der Waals surface area contributed by atoms with Crippen LogP contribution in [-0.2, 0) is 29.7 Å².